The molecule has 0 aromatic rings. The highest BCUT2D eigenvalue weighted by atomic mass is 127. The van der Waals surface area contributed by atoms with Crippen molar-refractivity contribution in [3.8, 4) is 0 Å². The molecule has 5 nitrogen and oxygen atoms in total. The first kappa shape index (κ1) is 22.5. The van der Waals surface area contributed by atoms with Gasteiger partial charge in [-0.05, 0) is 45.4 Å². The molecule has 6 heteroatoms. The Morgan fingerprint density at radius 2 is 2.04 bits per heavy atom. The molecular weight excluding hydrogens is 403 g/mol. The lowest BCUT2D eigenvalue weighted by molar-refractivity contribution is -0.134. The second kappa shape index (κ2) is 12.8. The van der Waals surface area contributed by atoms with Gasteiger partial charge in [-0.1, -0.05) is 13.8 Å². The summed E-state index contributed by atoms with van der Waals surface area (Å²) in [5, 5.41) is 6.50. The minimum Gasteiger partial charge on any atom is -0.357 e. The van der Waals surface area contributed by atoms with E-state index < -0.39 is 0 Å². The molecule has 1 saturated heterocycles. The number of aliphatic imine (C=N–C) groups is 1. The number of carbonyl (C=O) groups excluding carboxylic acids is 1. The van der Waals surface area contributed by atoms with E-state index in [1.165, 1.54) is 6.42 Å². The molecular formula is C17H35IN4O. The van der Waals surface area contributed by atoms with Crippen molar-refractivity contribution in [2.75, 3.05) is 26.2 Å². The number of nitrogens with zero attached hydrogens (tertiary/aromatic N) is 2. The third kappa shape index (κ3) is 9.37. The van der Waals surface area contributed by atoms with Crippen molar-refractivity contribution in [1.82, 2.24) is 15.5 Å². The standard InChI is InChI=1S/C17H34N4O.HI/c1-5-18-17(19-11-9-14(2)3)20-12-10-16(22)21-13-7-6-8-15(21)4;/h14-15H,5-13H2,1-4H3,(H2,18,19,20);1H. The first-order valence-electron chi connectivity index (χ1n) is 8.86. The van der Waals surface area contributed by atoms with Crippen LogP contribution in [0.15, 0.2) is 4.99 Å². The van der Waals surface area contributed by atoms with Crippen LogP contribution in [0.5, 0.6) is 0 Å². The van der Waals surface area contributed by atoms with Crippen molar-refractivity contribution in [3.05, 3.63) is 0 Å². The lowest BCUT2D eigenvalue weighted by Gasteiger charge is -2.33. The molecule has 0 saturated carbocycles. The van der Waals surface area contributed by atoms with E-state index in [0.29, 0.717) is 24.9 Å². The summed E-state index contributed by atoms with van der Waals surface area (Å²) in [6.45, 7) is 11.8. The zero-order valence-electron chi connectivity index (χ0n) is 15.2. The third-order valence-electron chi connectivity index (χ3n) is 4.08. The van der Waals surface area contributed by atoms with Crippen LogP contribution in [0.3, 0.4) is 0 Å². The van der Waals surface area contributed by atoms with Crippen molar-refractivity contribution in [2.24, 2.45) is 10.9 Å². The maximum Gasteiger partial charge on any atom is 0.224 e. The Hall–Kier alpha value is -0.530. The number of amides is 1. The van der Waals surface area contributed by atoms with Crippen LogP contribution >= 0.6 is 24.0 Å². The van der Waals surface area contributed by atoms with Gasteiger partial charge >= 0.3 is 0 Å². The van der Waals surface area contributed by atoms with Gasteiger partial charge in [0.05, 0.1) is 0 Å². The van der Waals surface area contributed by atoms with Gasteiger partial charge in [0.1, 0.15) is 0 Å². The Morgan fingerprint density at radius 1 is 1.30 bits per heavy atom. The number of hydrogen-bond donors (Lipinski definition) is 2. The summed E-state index contributed by atoms with van der Waals surface area (Å²) in [6.07, 6.45) is 5.15. The number of nitrogens with one attached hydrogen (secondary N) is 2. The van der Waals surface area contributed by atoms with Crippen LogP contribution in [-0.4, -0.2) is 49.0 Å². The fourth-order valence-electron chi connectivity index (χ4n) is 2.68. The Bertz CT molecular complexity index is 361. The average molecular weight is 438 g/mol. The monoisotopic (exact) mass is 438 g/mol. The number of likely N-dealkylation sites (tertiary alicyclic amines) is 1. The Labute approximate surface area is 159 Å². The Kier molecular flexibility index (Phi) is 12.5. The molecule has 23 heavy (non-hydrogen) atoms. The fourth-order valence-corrected chi connectivity index (χ4v) is 2.68. The maximum absolute atomic E-state index is 12.3. The molecule has 1 unspecified atom stereocenters. The van der Waals surface area contributed by atoms with Crippen LogP contribution in [0.1, 0.15) is 59.8 Å². The number of rotatable bonds is 7. The van der Waals surface area contributed by atoms with Gasteiger partial charge in [-0.2, -0.15) is 0 Å². The van der Waals surface area contributed by atoms with E-state index in [-0.39, 0.29) is 29.9 Å². The van der Waals surface area contributed by atoms with Gasteiger partial charge in [-0.3, -0.25) is 9.79 Å². The van der Waals surface area contributed by atoms with E-state index in [9.17, 15) is 4.79 Å². The Morgan fingerprint density at radius 3 is 2.65 bits per heavy atom. The molecule has 1 atom stereocenters. The average Bonchev–Trinajstić information content (AvgIpc) is 2.47. The SMILES string of the molecule is CCNC(=NCCC(C)C)NCCC(=O)N1CCCCC1C.I. The summed E-state index contributed by atoms with van der Waals surface area (Å²) in [5.41, 5.74) is 0. The number of guanidine groups is 1. The van der Waals surface area contributed by atoms with Gasteiger partial charge in [0.25, 0.3) is 0 Å². The molecule has 0 aromatic carbocycles. The third-order valence-corrected chi connectivity index (χ3v) is 4.08. The topological polar surface area (TPSA) is 56.7 Å². The summed E-state index contributed by atoms with van der Waals surface area (Å²) < 4.78 is 0. The highest BCUT2D eigenvalue weighted by molar-refractivity contribution is 14.0. The van der Waals surface area contributed by atoms with Gasteiger partial charge in [-0.15, -0.1) is 24.0 Å². The molecule has 1 rings (SSSR count). The van der Waals surface area contributed by atoms with Crippen molar-refractivity contribution < 1.29 is 4.79 Å². The molecule has 1 fully saturated rings. The minimum absolute atomic E-state index is 0. The smallest absolute Gasteiger partial charge is 0.224 e. The van der Waals surface area contributed by atoms with E-state index in [4.69, 9.17) is 0 Å². The molecule has 0 aliphatic carbocycles. The van der Waals surface area contributed by atoms with Crippen LogP contribution in [0, 0.1) is 5.92 Å². The number of carbonyl (C=O) groups is 1. The van der Waals surface area contributed by atoms with Crippen molar-refractivity contribution in [1.29, 1.82) is 0 Å². The molecule has 1 aliphatic rings. The van der Waals surface area contributed by atoms with Crippen molar-refractivity contribution in [3.63, 3.8) is 0 Å². The second-order valence-electron chi connectivity index (χ2n) is 6.55. The summed E-state index contributed by atoms with van der Waals surface area (Å²) in [4.78, 5) is 18.9. The minimum atomic E-state index is 0. The van der Waals surface area contributed by atoms with E-state index in [1.54, 1.807) is 0 Å². The Balaban J connectivity index is 0.00000484. The first-order valence-corrected chi connectivity index (χ1v) is 8.86. The largest absolute Gasteiger partial charge is 0.357 e. The first-order chi connectivity index (χ1) is 10.5. The second-order valence-corrected chi connectivity index (χ2v) is 6.55. The molecule has 1 heterocycles. The highest BCUT2D eigenvalue weighted by Crippen LogP contribution is 2.16. The molecule has 1 aliphatic heterocycles. The predicted octanol–water partition coefficient (Wildman–Crippen LogP) is 3.00. The molecule has 0 aromatic heterocycles. The zero-order chi connectivity index (χ0) is 16.4. The normalized spacial score (nSPS) is 18.6. The van der Waals surface area contributed by atoms with Crippen molar-refractivity contribution >= 4 is 35.8 Å². The van der Waals surface area contributed by atoms with Gasteiger partial charge in [-0.25, -0.2) is 0 Å². The fraction of sp³-hybridized carbons (Fsp3) is 0.882. The van der Waals surface area contributed by atoms with Crippen LogP contribution in [0.4, 0.5) is 0 Å². The maximum atomic E-state index is 12.3. The van der Waals surface area contributed by atoms with Crippen LogP contribution < -0.4 is 10.6 Å². The molecule has 0 bridgehead atoms. The number of hydrogen-bond acceptors (Lipinski definition) is 2. The van der Waals surface area contributed by atoms with Crippen LogP contribution in [0.25, 0.3) is 0 Å². The summed E-state index contributed by atoms with van der Waals surface area (Å²) in [7, 11) is 0. The van der Waals surface area contributed by atoms with E-state index >= 15 is 0 Å². The molecule has 1 amide bonds. The molecule has 2 N–H and O–H groups in total. The van der Waals surface area contributed by atoms with Gasteiger partial charge in [0.15, 0.2) is 5.96 Å². The van der Waals surface area contributed by atoms with Crippen LogP contribution in [-0.2, 0) is 4.79 Å². The molecule has 0 radical (unpaired) electrons. The van der Waals surface area contributed by atoms with E-state index in [1.807, 2.05) is 4.90 Å². The van der Waals surface area contributed by atoms with Gasteiger partial charge < -0.3 is 15.5 Å². The summed E-state index contributed by atoms with van der Waals surface area (Å²) >= 11 is 0. The zero-order valence-corrected chi connectivity index (χ0v) is 17.6. The van der Waals surface area contributed by atoms with Gasteiger partial charge in [0.2, 0.25) is 5.91 Å². The summed E-state index contributed by atoms with van der Waals surface area (Å²) in [6, 6.07) is 0.397. The lowest BCUT2D eigenvalue weighted by Crippen LogP contribution is -2.44. The lowest BCUT2D eigenvalue weighted by atomic mass is 10.0. The number of halogens is 1. The highest BCUT2D eigenvalue weighted by Gasteiger charge is 2.22. The number of piperidine rings is 1. The van der Waals surface area contributed by atoms with Gasteiger partial charge in [0, 0.05) is 38.6 Å². The predicted molar refractivity (Wildman–Crippen MR) is 108 cm³/mol. The molecule has 136 valence electrons. The van der Waals surface area contributed by atoms with E-state index in [2.05, 4.69) is 43.3 Å². The summed E-state index contributed by atoms with van der Waals surface area (Å²) in [5.74, 6) is 1.74. The van der Waals surface area contributed by atoms with Crippen molar-refractivity contribution in [2.45, 2.75) is 65.8 Å². The van der Waals surface area contributed by atoms with E-state index in [0.717, 1.165) is 44.9 Å². The quantitative estimate of drug-likeness (QED) is 0.365. The molecule has 0 spiro atoms. The van der Waals surface area contributed by atoms with Crippen LogP contribution in [0.2, 0.25) is 0 Å².